The number of aromatic amines is 2. The van der Waals surface area contributed by atoms with Crippen LogP contribution in [0.1, 0.15) is 33.1 Å². The van der Waals surface area contributed by atoms with Crippen molar-refractivity contribution in [3.8, 4) is 0 Å². The van der Waals surface area contributed by atoms with E-state index in [1.807, 2.05) is 30.0 Å². The third-order valence-electron chi connectivity index (χ3n) is 4.58. The number of H-pyrrole nitrogens is 2. The van der Waals surface area contributed by atoms with Crippen LogP contribution in [0.2, 0.25) is 0 Å². The van der Waals surface area contributed by atoms with Crippen molar-refractivity contribution in [1.29, 1.82) is 0 Å². The van der Waals surface area contributed by atoms with Gasteiger partial charge in [0.1, 0.15) is 5.82 Å². The van der Waals surface area contributed by atoms with E-state index >= 15 is 0 Å². The summed E-state index contributed by atoms with van der Waals surface area (Å²) in [6.45, 7) is 2.18. The van der Waals surface area contributed by atoms with Gasteiger partial charge in [0.05, 0.1) is 0 Å². The molecule has 3 N–H and O–H groups in total. The zero-order chi connectivity index (χ0) is 18.1. The highest BCUT2D eigenvalue weighted by atomic mass is 32.2. The molecule has 3 aromatic rings. The van der Waals surface area contributed by atoms with E-state index in [-0.39, 0.29) is 11.5 Å². The van der Waals surface area contributed by atoms with E-state index in [0.717, 1.165) is 28.8 Å². The van der Waals surface area contributed by atoms with Crippen LogP contribution in [-0.2, 0) is 18.6 Å². The lowest BCUT2D eigenvalue weighted by Gasteiger charge is -2.10. The molecule has 1 amide bonds. The Morgan fingerprint density at radius 3 is 3.04 bits per heavy atom. The molecule has 6 nitrogen and oxygen atoms in total. The minimum atomic E-state index is -0.167. The van der Waals surface area contributed by atoms with Crippen molar-refractivity contribution in [2.45, 2.75) is 25.5 Å². The minimum Gasteiger partial charge on any atom is -0.358 e. The van der Waals surface area contributed by atoms with Crippen LogP contribution in [0.3, 0.4) is 0 Å². The van der Waals surface area contributed by atoms with Crippen molar-refractivity contribution < 1.29 is 4.79 Å². The molecule has 0 fully saturated rings. The van der Waals surface area contributed by atoms with Gasteiger partial charge in [0.15, 0.2) is 0 Å². The quantitative estimate of drug-likeness (QED) is 0.659. The summed E-state index contributed by atoms with van der Waals surface area (Å²) < 4.78 is 0. The summed E-state index contributed by atoms with van der Waals surface area (Å²) >= 11 is 1.93. The number of aromatic nitrogens is 3. The number of thioether (sulfide) groups is 1. The normalized spacial score (nSPS) is 13.6. The Bertz CT molecular complexity index is 1040. The van der Waals surface area contributed by atoms with E-state index in [4.69, 9.17) is 0 Å². The second kappa shape index (κ2) is 6.99. The maximum Gasteiger partial charge on any atom is 0.251 e. The summed E-state index contributed by atoms with van der Waals surface area (Å²) in [6.07, 6.45) is 1.58. The van der Waals surface area contributed by atoms with Gasteiger partial charge in [-0.2, -0.15) is 11.8 Å². The first-order valence-corrected chi connectivity index (χ1v) is 9.82. The molecule has 0 radical (unpaired) electrons. The number of rotatable bonds is 4. The van der Waals surface area contributed by atoms with Crippen LogP contribution >= 0.6 is 11.8 Å². The van der Waals surface area contributed by atoms with Crippen LogP contribution in [0, 0.1) is 6.92 Å². The van der Waals surface area contributed by atoms with Gasteiger partial charge in [0.25, 0.3) is 11.5 Å². The SMILES string of the molecule is Cc1nc(CCNC(=O)c2ccc3[nH]c4c(c3c2)CSCC4)cc(=O)[nH]1. The number of aryl methyl sites for hydroxylation is 2. The fourth-order valence-electron chi connectivity index (χ4n) is 3.35. The standard InChI is InChI=1S/C19H20N4O2S/c1-11-21-13(9-18(24)22-11)4-6-20-19(25)12-2-3-16-14(8-12)15-10-26-7-5-17(15)23-16/h2-3,8-9,23H,4-7,10H2,1H3,(H,20,25)(H,21,22,24). The van der Waals surface area contributed by atoms with Crippen LogP contribution in [0.4, 0.5) is 0 Å². The number of hydrogen-bond acceptors (Lipinski definition) is 4. The molecule has 3 heterocycles. The molecule has 26 heavy (non-hydrogen) atoms. The Morgan fingerprint density at radius 2 is 2.19 bits per heavy atom. The number of benzene rings is 1. The van der Waals surface area contributed by atoms with Crippen LogP contribution in [0.25, 0.3) is 10.9 Å². The number of carbonyl (C=O) groups excluding carboxylic acids is 1. The number of fused-ring (bicyclic) bond motifs is 3. The molecule has 0 unspecified atom stereocenters. The Labute approximate surface area is 154 Å². The molecule has 1 aliphatic rings. The molecule has 0 atom stereocenters. The van der Waals surface area contributed by atoms with Gasteiger partial charge in [0.2, 0.25) is 0 Å². The Hall–Kier alpha value is -2.54. The maximum absolute atomic E-state index is 12.5. The molecule has 0 aliphatic carbocycles. The first-order valence-electron chi connectivity index (χ1n) is 8.66. The van der Waals surface area contributed by atoms with Gasteiger partial charge in [-0.3, -0.25) is 9.59 Å². The molecule has 2 aromatic heterocycles. The monoisotopic (exact) mass is 368 g/mol. The number of carbonyl (C=O) groups is 1. The third-order valence-corrected chi connectivity index (χ3v) is 5.56. The topological polar surface area (TPSA) is 90.6 Å². The molecular formula is C19H20N4O2S. The van der Waals surface area contributed by atoms with E-state index < -0.39 is 0 Å². The molecule has 134 valence electrons. The second-order valence-corrected chi connectivity index (χ2v) is 7.58. The van der Waals surface area contributed by atoms with Gasteiger partial charge in [0, 0.05) is 52.6 Å². The van der Waals surface area contributed by atoms with Crippen molar-refractivity contribution in [2.75, 3.05) is 12.3 Å². The molecule has 7 heteroatoms. The number of amides is 1. The van der Waals surface area contributed by atoms with Crippen LogP contribution in [0.15, 0.2) is 29.1 Å². The lowest BCUT2D eigenvalue weighted by atomic mass is 10.1. The van der Waals surface area contributed by atoms with E-state index in [2.05, 4.69) is 20.3 Å². The molecule has 0 spiro atoms. The second-order valence-electron chi connectivity index (χ2n) is 6.47. The van der Waals surface area contributed by atoms with Crippen LogP contribution in [-0.4, -0.2) is 33.2 Å². The zero-order valence-electron chi connectivity index (χ0n) is 14.5. The van der Waals surface area contributed by atoms with Gasteiger partial charge in [-0.05, 0) is 42.9 Å². The van der Waals surface area contributed by atoms with Crippen molar-refractivity contribution in [3.63, 3.8) is 0 Å². The highest BCUT2D eigenvalue weighted by Gasteiger charge is 2.17. The average Bonchev–Trinajstić information content (AvgIpc) is 2.98. The van der Waals surface area contributed by atoms with Crippen molar-refractivity contribution in [2.24, 2.45) is 0 Å². The summed E-state index contributed by atoms with van der Waals surface area (Å²) in [7, 11) is 0. The summed E-state index contributed by atoms with van der Waals surface area (Å²) in [6, 6.07) is 7.27. The molecule has 1 aliphatic heterocycles. The van der Waals surface area contributed by atoms with E-state index in [1.165, 1.54) is 17.3 Å². The predicted molar refractivity (Wildman–Crippen MR) is 104 cm³/mol. The molecular weight excluding hydrogens is 348 g/mol. The predicted octanol–water partition coefficient (Wildman–Crippen LogP) is 2.32. The minimum absolute atomic E-state index is 0.105. The molecule has 1 aromatic carbocycles. The lowest BCUT2D eigenvalue weighted by molar-refractivity contribution is 0.0954. The van der Waals surface area contributed by atoms with Crippen molar-refractivity contribution in [3.05, 3.63) is 63.0 Å². The first-order chi connectivity index (χ1) is 12.6. The fourth-order valence-corrected chi connectivity index (χ4v) is 4.37. The molecule has 0 saturated heterocycles. The smallest absolute Gasteiger partial charge is 0.251 e. The van der Waals surface area contributed by atoms with Gasteiger partial charge in [-0.1, -0.05) is 0 Å². The van der Waals surface area contributed by atoms with Crippen LogP contribution < -0.4 is 10.9 Å². The number of nitrogens with one attached hydrogen (secondary N) is 3. The van der Waals surface area contributed by atoms with E-state index in [9.17, 15) is 9.59 Å². The van der Waals surface area contributed by atoms with Gasteiger partial charge in [-0.25, -0.2) is 4.98 Å². The summed E-state index contributed by atoms with van der Waals surface area (Å²) in [4.78, 5) is 34.3. The number of nitrogens with zero attached hydrogens (tertiary/aromatic N) is 1. The molecule has 4 rings (SSSR count). The number of hydrogen-bond donors (Lipinski definition) is 3. The van der Waals surface area contributed by atoms with E-state index in [1.54, 1.807) is 6.92 Å². The van der Waals surface area contributed by atoms with Gasteiger partial charge < -0.3 is 15.3 Å². The Morgan fingerprint density at radius 1 is 1.31 bits per heavy atom. The zero-order valence-corrected chi connectivity index (χ0v) is 15.3. The van der Waals surface area contributed by atoms with Crippen molar-refractivity contribution in [1.82, 2.24) is 20.3 Å². The fraction of sp³-hybridized carbons (Fsp3) is 0.316. The lowest BCUT2D eigenvalue weighted by Crippen LogP contribution is -2.26. The van der Waals surface area contributed by atoms with Gasteiger partial charge >= 0.3 is 0 Å². The summed E-state index contributed by atoms with van der Waals surface area (Å²) in [5, 5.41) is 4.06. The van der Waals surface area contributed by atoms with Crippen molar-refractivity contribution >= 4 is 28.6 Å². The largest absolute Gasteiger partial charge is 0.358 e. The highest BCUT2D eigenvalue weighted by Crippen LogP contribution is 2.31. The summed E-state index contributed by atoms with van der Waals surface area (Å²) in [5.41, 5.74) is 4.89. The maximum atomic E-state index is 12.5. The third kappa shape index (κ3) is 3.39. The first kappa shape index (κ1) is 16.9. The highest BCUT2D eigenvalue weighted by molar-refractivity contribution is 7.98. The Balaban J connectivity index is 1.46. The van der Waals surface area contributed by atoms with Gasteiger partial charge in [-0.15, -0.1) is 0 Å². The Kier molecular flexibility index (Phi) is 4.55. The summed E-state index contributed by atoms with van der Waals surface area (Å²) in [5.74, 6) is 2.61. The van der Waals surface area contributed by atoms with Crippen LogP contribution in [0.5, 0.6) is 0 Å². The molecule has 0 saturated carbocycles. The van der Waals surface area contributed by atoms with E-state index in [0.29, 0.717) is 30.0 Å². The average molecular weight is 368 g/mol. The molecule has 0 bridgehead atoms.